The number of piperidine rings is 1. The Morgan fingerprint density at radius 1 is 1.29 bits per heavy atom. The van der Waals surface area contributed by atoms with Crippen molar-refractivity contribution < 1.29 is 4.79 Å². The van der Waals surface area contributed by atoms with E-state index in [0.29, 0.717) is 23.5 Å². The molecule has 0 spiro atoms. The molecule has 1 fully saturated rings. The molecule has 0 saturated carbocycles. The van der Waals surface area contributed by atoms with Gasteiger partial charge in [-0.1, -0.05) is 6.07 Å². The highest BCUT2D eigenvalue weighted by molar-refractivity contribution is 5.79. The molecule has 0 aromatic carbocycles. The molecule has 1 atom stereocenters. The smallest absolute Gasteiger partial charge is 0.328 e. The maximum absolute atomic E-state index is 12.6. The second kappa shape index (κ2) is 6.29. The number of carbonyl (C=O) groups is 1. The monoisotopic (exact) mass is 377 g/mol. The maximum Gasteiger partial charge on any atom is 0.328 e. The molecule has 5 rings (SSSR count). The predicted molar refractivity (Wildman–Crippen MR) is 103 cm³/mol. The number of nitrogens with one attached hydrogen (secondary N) is 1. The summed E-state index contributed by atoms with van der Waals surface area (Å²) in [7, 11) is 0. The van der Waals surface area contributed by atoms with E-state index < -0.39 is 0 Å². The Balaban J connectivity index is 1.63. The highest BCUT2D eigenvalue weighted by atomic mass is 16.2. The summed E-state index contributed by atoms with van der Waals surface area (Å²) in [5.41, 5.74) is 2.62. The zero-order valence-corrected chi connectivity index (χ0v) is 15.4. The summed E-state index contributed by atoms with van der Waals surface area (Å²) in [6, 6.07) is 5.68. The quantitative estimate of drug-likeness (QED) is 0.572. The summed E-state index contributed by atoms with van der Waals surface area (Å²) in [5.74, 6) is 0.542. The van der Waals surface area contributed by atoms with Gasteiger partial charge in [-0.3, -0.25) is 9.36 Å². The molecule has 0 aliphatic carbocycles. The zero-order valence-electron chi connectivity index (χ0n) is 15.4. The van der Waals surface area contributed by atoms with Crippen LogP contribution in [-0.2, 0) is 4.79 Å². The number of hydrogen-bond donors (Lipinski definition) is 1. The van der Waals surface area contributed by atoms with Gasteiger partial charge in [-0.25, -0.2) is 19.3 Å². The van der Waals surface area contributed by atoms with Gasteiger partial charge >= 0.3 is 5.69 Å². The molecule has 9 nitrogen and oxygen atoms in total. The molecule has 0 bridgehead atoms. The molecule has 0 unspecified atom stereocenters. The van der Waals surface area contributed by atoms with Gasteiger partial charge in [-0.15, -0.1) is 0 Å². The predicted octanol–water partition coefficient (Wildman–Crippen LogP) is 1.62. The number of likely N-dealkylation sites (tertiary alicyclic amines) is 1. The molecule has 142 valence electrons. The molecule has 5 heterocycles. The van der Waals surface area contributed by atoms with Crippen LogP contribution in [0.15, 0.2) is 41.6 Å². The molecule has 1 saturated heterocycles. The summed E-state index contributed by atoms with van der Waals surface area (Å²) < 4.78 is 3.43. The minimum absolute atomic E-state index is 0.0271. The maximum atomic E-state index is 12.6. The van der Waals surface area contributed by atoms with Gasteiger partial charge in [0.2, 0.25) is 5.91 Å². The van der Waals surface area contributed by atoms with E-state index in [2.05, 4.69) is 15.1 Å². The van der Waals surface area contributed by atoms with Crippen molar-refractivity contribution in [2.45, 2.75) is 25.8 Å². The van der Waals surface area contributed by atoms with E-state index in [1.54, 1.807) is 33.3 Å². The topological polar surface area (TPSA) is 101 Å². The van der Waals surface area contributed by atoms with Crippen LogP contribution in [0.4, 0.5) is 0 Å². The summed E-state index contributed by atoms with van der Waals surface area (Å²) in [4.78, 5) is 38.2. The minimum Gasteiger partial charge on any atom is -0.341 e. The summed E-state index contributed by atoms with van der Waals surface area (Å²) in [5, 5.41) is 4.34. The van der Waals surface area contributed by atoms with E-state index in [0.717, 1.165) is 30.5 Å². The summed E-state index contributed by atoms with van der Waals surface area (Å²) in [6.07, 6.45) is 6.90. The van der Waals surface area contributed by atoms with Crippen molar-refractivity contribution >= 4 is 22.6 Å². The number of fused-ring (bicyclic) bond motifs is 2. The van der Waals surface area contributed by atoms with Gasteiger partial charge < -0.3 is 9.88 Å². The van der Waals surface area contributed by atoms with Crippen LogP contribution in [0.3, 0.4) is 0 Å². The first-order valence-electron chi connectivity index (χ1n) is 9.27. The number of nitrogens with zero attached hydrogens (tertiary/aromatic N) is 6. The largest absolute Gasteiger partial charge is 0.341 e. The van der Waals surface area contributed by atoms with E-state index in [1.807, 2.05) is 24.4 Å². The Labute approximate surface area is 159 Å². The Morgan fingerprint density at radius 3 is 3.04 bits per heavy atom. The minimum atomic E-state index is -0.225. The molecule has 1 amide bonds. The molecule has 0 radical (unpaired) electrons. The van der Waals surface area contributed by atoms with Crippen LogP contribution in [0.1, 0.15) is 25.8 Å². The number of aromatic amines is 1. The van der Waals surface area contributed by atoms with Crippen LogP contribution in [0.25, 0.3) is 28.1 Å². The van der Waals surface area contributed by atoms with Crippen LogP contribution < -0.4 is 5.69 Å². The molecule has 1 aliphatic rings. The third-order valence-corrected chi connectivity index (χ3v) is 5.33. The van der Waals surface area contributed by atoms with Gasteiger partial charge in [0.15, 0.2) is 11.5 Å². The fraction of sp³-hybridized carbons (Fsp3) is 0.316. The van der Waals surface area contributed by atoms with Crippen molar-refractivity contribution in [3.8, 4) is 11.4 Å². The van der Waals surface area contributed by atoms with Gasteiger partial charge in [0.05, 0.1) is 29.5 Å². The first kappa shape index (κ1) is 16.7. The Hall–Kier alpha value is -3.49. The van der Waals surface area contributed by atoms with Crippen molar-refractivity contribution in [1.29, 1.82) is 0 Å². The van der Waals surface area contributed by atoms with Crippen LogP contribution >= 0.6 is 0 Å². The van der Waals surface area contributed by atoms with E-state index in [4.69, 9.17) is 4.98 Å². The van der Waals surface area contributed by atoms with Crippen LogP contribution in [0.2, 0.25) is 0 Å². The number of pyridine rings is 1. The molecule has 4 aromatic rings. The normalized spacial score (nSPS) is 17.5. The van der Waals surface area contributed by atoms with E-state index in [1.165, 1.54) is 0 Å². The molecule has 1 N–H and O–H groups in total. The standard InChI is InChI=1S/C19H19N7O2/c1-12(27)24-7-4-5-13(11-24)26-18-15(22-19(26)28)10-20-17(23-18)14-9-21-25-8-3-2-6-16(14)25/h2-3,6,8-10,13H,4-5,7,11H2,1H3,(H,22,28)/t13-/m0/s1. The average Bonchev–Trinajstić information content (AvgIpc) is 3.27. The second-order valence-electron chi connectivity index (χ2n) is 7.08. The first-order valence-corrected chi connectivity index (χ1v) is 9.27. The van der Waals surface area contributed by atoms with Gasteiger partial charge in [0.25, 0.3) is 0 Å². The fourth-order valence-electron chi connectivity index (χ4n) is 3.94. The van der Waals surface area contributed by atoms with Gasteiger partial charge in [-0.2, -0.15) is 5.10 Å². The lowest BCUT2D eigenvalue weighted by Gasteiger charge is -2.32. The molecular weight excluding hydrogens is 358 g/mol. The summed E-state index contributed by atoms with van der Waals surface area (Å²) >= 11 is 0. The number of rotatable bonds is 2. The zero-order chi connectivity index (χ0) is 19.3. The third kappa shape index (κ3) is 2.58. The van der Waals surface area contributed by atoms with E-state index >= 15 is 0 Å². The van der Waals surface area contributed by atoms with Crippen LogP contribution in [0.5, 0.6) is 0 Å². The number of imidazole rings is 1. The molecular formula is C19H19N7O2. The lowest BCUT2D eigenvalue weighted by Crippen LogP contribution is -2.41. The number of carbonyl (C=O) groups excluding carboxylic acids is 1. The average molecular weight is 377 g/mol. The van der Waals surface area contributed by atoms with Gasteiger partial charge in [0.1, 0.15) is 5.52 Å². The number of H-pyrrole nitrogens is 1. The first-order chi connectivity index (χ1) is 13.6. The van der Waals surface area contributed by atoms with Gasteiger partial charge in [0, 0.05) is 26.2 Å². The van der Waals surface area contributed by atoms with E-state index in [9.17, 15) is 9.59 Å². The molecule has 28 heavy (non-hydrogen) atoms. The van der Waals surface area contributed by atoms with Crippen molar-refractivity contribution in [2.75, 3.05) is 13.1 Å². The highest BCUT2D eigenvalue weighted by Gasteiger charge is 2.26. The highest BCUT2D eigenvalue weighted by Crippen LogP contribution is 2.26. The molecule has 9 heteroatoms. The summed E-state index contributed by atoms with van der Waals surface area (Å²) in [6.45, 7) is 2.80. The van der Waals surface area contributed by atoms with Crippen LogP contribution in [-0.4, -0.2) is 53.0 Å². The van der Waals surface area contributed by atoms with Crippen molar-refractivity contribution in [3.63, 3.8) is 0 Å². The van der Waals surface area contributed by atoms with E-state index in [-0.39, 0.29) is 17.6 Å². The lowest BCUT2D eigenvalue weighted by molar-refractivity contribution is -0.130. The second-order valence-corrected chi connectivity index (χ2v) is 7.08. The Kier molecular flexibility index (Phi) is 3.75. The van der Waals surface area contributed by atoms with Gasteiger partial charge in [-0.05, 0) is 25.0 Å². The SMILES string of the molecule is CC(=O)N1CCC[C@H](n2c(=O)[nH]c3cnc(-c4cnn5ccccc45)nc32)C1. The molecule has 1 aliphatic heterocycles. The Bertz CT molecular complexity index is 1250. The third-order valence-electron chi connectivity index (χ3n) is 5.33. The number of amides is 1. The van der Waals surface area contributed by atoms with Crippen molar-refractivity contribution in [3.05, 3.63) is 47.3 Å². The number of hydrogen-bond acceptors (Lipinski definition) is 5. The van der Waals surface area contributed by atoms with Crippen molar-refractivity contribution in [2.24, 2.45) is 0 Å². The lowest BCUT2D eigenvalue weighted by atomic mass is 10.1. The Morgan fingerprint density at radius 2 is 2.18 bits per heavy atom. The van der Waals surface area contributed by atoms with Crippen molar-refractivity contribution in [1.82, 2.24) is 34.0 Å². The molecule has 4 aromatic heterocycles. The number of aromatic nitrogens is 6. The van der Waals surface area contributed by atoms with Crippen LogP contribution in [0, 0.1) is 0 Å². The fourth-order valence-corrected chi connectivity index (χ4v) is 3.94.